The van der Waals surface area contributed by atoms with Crippen LogP contribution in [-0.4, -0.2) is 53.9 Å². The Hall–Kier alpha value is -4.98. The van der Waals surface area contributed by atoms with Crippen molar-refractivity contribution in [2.45, 2.75) is 11.8 Å². The smallest absolute Gasteiger partial charge is 0.277 e. The Morgan fingerprint density at radius 1 is 0.975 bits per heavy atom. The number of nitro benzene ring substituents is 2. The average molecular weight is 568 g/mol. The second kappa shape index (κ2) is 14.2. The van der Waals surface area contributed by atoms with E-state index in [-0.39, 0.29) is 11.3 Å². The van der Waals surface area contributed by atoms with Gasteiger partial charge in [-0.15, -0.1) is 0 Å². The van der Waals surface area contributed by atoms with Crippen LogP contribution in [0.25, 0.3) is 0 Å². The standard InChI is InChI=1S/C26H25N5O8S/c1-38-22-9-8-18(24(13-22)39-2)14-27-29-26(33)23(16-40-15-17-6-4-3-5-7-17)28-25(32)19-10-20(30(34)35)12-21(11-19)31(36)37/h3-14,23H,15-16H2,1-2H3,(H,28,32)(H,29,33). The molecule has 40 heavy (non-hydrogen) atoms. The van der Waals surface area contributed by atoms with Crippen molar-refractivity contribution < 1.29 is 28.9 Å². The summed E-state index contributed by atoms with van der Waals surface area (Å²) in [5.41, 5.74) is 2.33. The van der Waals surface area contributed by atoms with E-state index in [1.54, 1.807) is 18.2 Å². The number of nitro groups is 2. The highest BCUT2D eigenvalue weighted by Crippen LogP contribution is 2.24. The van der Waals surface area contributed by atoms with Gasteiger partial charge in [-0.3, -0.25) is 29.8 Å². The summed E-state index contributed by atoms with van der Waals surface area (Å²) in [6.45, 7) is 0. The Balaban J connectivity index is 1.78. The van der Waals surface area contributed by atoms with E-state index < -0.39 is 39.1 Å². The van der Waals surface area contributed by atoms with Crippen molar-refractivity contribution in [3.05, 3.63) is 104 Å². The van der Waals surface area contributed by atoms with Gasteiger partial charge < -0.3 is 14.8 Å². The molecule has 0 heterocycles. The molecule has 14 heteroatoms. The molecular weight excluding hydrogens is 542 g/mol. The molecule has 3 aromatic carbocycles. The van der Waals surface area contributed by atoms with Crippen LogP contribution in [0.2, 0.25) is 0 Å². The van der Waals surface area contributed by atoms with Crippen molar-refractivity contribution in [3.8, 4) is 11.5 Å². The third-order valence-corrected chi connectivity index (χ3v) is 6.53. The van der Waals surface area contributed by atoms with Gasteiger partial charge in [0.25, 0.3) is 23.2 Å². The van der Waals surface area contributed by atoms with Gasteiger partial charge in [-0.25, -0.2) is 5.43 Å². The maximum absolute atomic E-state index is 13.0. The highest BCUT2D eigenvalue weighted by Gasteiger charge is 2.25. The summed E-state index contributed by atoms with van der Waals surface area (Å²) in [4.78, 5) is 46.8. The van der Waals surface area contributed by atoms with Crippen molar-refractivity contribution in [3.63, 3.8) is 0 Å². The number of ether oxygens (including phenoxy) is 2. The summed E-state index contributed by atoms with van der Waals surface area (Å²) in [6, 6.07) is 15.9. The molecule has 0 aliphatic rings. The molecule has 0 spiro atoms. The number of nitrogens with zero attached hydrogens (tertiary/aromatic N) is 3. The molecular formula is C26H25N5O8S. The number of amides is 2. The molecule has 0 aliphatic carbocycles. The Morgan fingerprint density at radius 2 is 1.65 bits per heavy atom. The first kappa shape index (κ1) is 29.6. The van der Waals surface area contributed by atoms with E-state index in [0.717, 1.165) is 23.8 Å². The molecule has 3 aromatic rings. The summed E-state index contributed by atoms with van der Waals surface area (Å²) in [7, 11) is 2.98. The molecule has 0 radical (unpaired) electrons. The number of hydrazone groups is 1. The van der Waals surface area contributed by atoms with E-state index in [2.05, 4.69) is 15.8 Å². The molecule has 1 unspecified atom stereocenters. The van der Waals surface area contributed by atoms with Gasteiger partial charge in [0, 0.05) is 35.3 Å². The Kier molecular flexibility index (Phi) is 10.5. The maximum Gasteiger partial charge on any atom is 0.277 e. The molecule has 1 atom stereocenters. The second-order valence-corrected chi connectivity index (χ2v) is 9.15. The number of nitrogens with one attached hydrogen (secondary N) is 2. The Morgan fingerprint density at radius 3 is 2.25 bits per heavy atom. The van der Waals surface area contributed by atoms with E-state index in [1.807, 2.05) is 30.3 Å². The summed E-state index contributed by atoms with van der Waals surface area (Å²) < 4.78 is 10.5. The number of benzene rings is 3. The van der Waals surface area contributed by atoms with Crippen LogP contribution in [0.5, 0.6) is 11.5 Å². The first-order valence-electron chi connectivity index (χ1n) is 11.6. The molecule has 2 amide bonds. The number of carbonyl (C=O) groups excluding carboxylic acids is 2. The van der Waals surface area contributed by atoms with E-state index in [0.29, 0.717) is 22.8 Å². The number of methoxy groups -OCH3 is 2. The Labute approximate surface area is 232 Å². The lowest BCUT2D eigenvalue weighted by Crippen LogP contribution is -2.47. The minimum Gasteiger partial charge on any atom is -0.497 e. The molecule has 13 nitrogen and oxygen atoms in total. The van der Waals surface area contributed by atoms with Crippen LogP contribution in [0.15, 0.2) is 71.8 Å². The fourth-order valence-corrected chi connectivity index (χ4v) is 4.42. The summed E-state index contributed by atoms with van der Waals surface area (Å²) in [6.07, 6.45) is 1.36. The molecule has 3 rings (SSSR count). The van der Waals surface area contributed by atoms with Crippen LogP contribution < -0.4 is 20.2 Å². The molecule has 0 aliphatic heterocycles. The van der Waals surface area contributed by atoms with Gasteiger partial charge in [-0.05, 0) is 17.7 Å². The molecule has 0 fully saturated rings. The summed E-state index contributed by atoms with van der Waals surface area (Å²) in [5.74, 6) is 0.108. The van der Waals surface area contributed by atoms with Crippen LogP contribution in [0, 0.1) is 20.2 Å². The van der Waals surface area contributed by atoms with Gasteiger partial charge in [0.1, 0.15) is 17.5 Å². The molecule has 0 saturated heterocycles. The average Bonchev–Trinajstić information content (AvgIpc) is 2.96. The zero-order valence-electron chi connectivity index (χ0n) is 21.4. The van der Waals surface area contributed by atoms with Crippen LogP contribution >= 0.6 is 11.8 Å². The summed E-state index contributed by atoms with van der Waals surface area (Å²) in [5, 5.41) is 28.9. The lowest BCUT2D eigenvalue weighted by molar-refractivity contribution is -0.394. The lowest BCUT2D eigenvalue weighted by Gasteiger charge is -2.17. The van der Waals surface area contributed by atoms with E-state index in [9.17, 15) is 29.8 Å². The topological polar surface area (TPSA) is 175 Å². The predicted octanol–water partition coefficient (Wildman–Crippen LogP) is 3.70. The zero-order valence-corrected chi connectivity index (χ0v) is 22.3. The first-order chi connectivity index (χ1) is 19.2. The monoisotopic (exact) mass is 567 g/mol. The van der Waals surface area contributed by atoms with Crippen molar-refractivity contribution in [1.29, 1.82) is 0 Å². The van der Waals surface area contributed by atoms with Crippen LogP contribution in [0.4, 0.5) is 11.4 Å². The molecule has 2 N–H and O–H groups in total. The number of hydrogen-bond acceptors (Lipinski definition) is 10. The third kappa shape index (κ3) is 8.26. The van der Waals surface area contributed by atoms with Gasteiger partial charge in [0.15, 0.2) is 0 Å². The SMILES string of the molecule is COc1ccc(C=NNC(=O)C(CSCc2ccccc2)NC(=O)c2cc([N+](=O)[O-])cc([N+](=O)[O-])c2)c(OC)c1. The first-order valence-corrected chi connectivity index (χ1v) is 12.8. The van der Waals surface area contributed by atoms with Crippen molar-refractivity contribution in [1.82, 2.24) is 10.7 Å². The quantitative estimate of drug-likeness (QED) is 0.177. The van der Waals surface area contributed by atoms with Gasteiger partial charge >= 0.3 is 0 Å². The molecule has 0 aromatic heterocycles. The number of non-ortho nitro benzene ring substituents is 2. The van der Waals surface area contributed by atoms with Crippen molar-refractivity contribution >= 4 is 41.2 Å². The number of carbonyl (C=O) groups is 2. The van der Waals surface area contributed by atoms with E-state index >= 15 is 0 Å². The number of hydrogen-bond donors (Lipinski definition) is 2. The Bertz CT molecular complexity index is 1390. The van der Waals surface area contributed by atoms with E-state index in [1.165, 1.54) is 32.2 Å². The lowest BCUT2D eigenvalue weighted by atomic mass is 10.1. The number of rotatable bonds is 13. The fraction of sp³-hybridized carbons (Fsp3) is 0.192. The van der Waals surface area contributed by atoms with Gasteiger partial charge in [0.2, 0.25) is 0 Å². The summed E-state index contributed by atoms with van der Waals surface area (Å²) >= 11 is 1.36. The molecule has 0 bridgehead atoms. The van der Waals surface area contributed by atoms with Crippen molar-refractivity contribution in [2.24, 2.45) is 5.10 Å². The van der Waals surface area contributed by atoms with Crippen LogP contribution in [-0.2, 0) is 10.5 Å². The van der Waals surface area contributed by atoms with Gasteiger partial charge in [0.05, 0.1) is 41.9 Å². The number of thioether (sulfide) groups is 1. The zero-order chi connectivity index (χ0) is 29.1. The minimum atomic E-state index is -1.13. The maximum atomic E-state index is 13.0. The normalized spacial score (nSPS) is 11.4. The predicted molar refractivity (Wildman–Crippen MR) is 149 cm³/mol. The highest BCUT2D eigenvalue weighted by molar-refractivity contribution is 7.98. The van der Waals surface area contributed by atoms with Gasteiger partial charge in [-0.2, -0.15) is 16.9 Å². The minimum absolute atomic E-state index is 0.116. The third-order valence-electron chi connectivity index (χ3n) is 5.42. The molecule has 0 saturated carbocycles. The highest BCUT2D eigenvalue weighted by atomic mass is 32.2. The van der Waals surface area contributed by atoms with Crippen LogP contribution in [0.3, 0.4) is 0 Å². The van der Waals surface area contributed by atoms with Crippen LogP contribution in [0.1, 0.15) is 21.5 Å². The second-order valence-electron chi connectivity index (χ2n) is 8.12. The largest absolute Gasteiger partial charge is 0.497 e. The van der Waals surface area contributed by atoms with Gasteiger partial charge in [-0.1, -0.05) is 30.3 Å². The fourth-order valence-electron chi connectivity index (χ4n) is 3.40. The molecule has 208 valence electrons. The van der Waals surface area contributed by atoms with E-state index in [4.69, 9.17) is 9.47 Å². The van der Waals surface area contributed by atoms with Crippen molar-refractivity contribution in [2.75, 3.05) is 20.0 Å².